The predicted octanol–water partition coefficient (Wildman–Crippen LogP) is 2.44. The molecule has 0 unspecified atom stereocenters. The molecule has 0 saturated carbocycles. The van der Waals surface area contributed by atoms with E-state index in [0.717, 1.165) is 16.2 Å². The van der Waals surface area contributed by atoms with Crippen LogP contribution < -0.4 is 14.8 Å². The molecule has 1 aromatic carbocycles. The highest BCUT2D eigenvalue weighted by Crippen LogP contribution is 2.22. The van der Waals surface area contributed by atoms with E-state index in [1.165, 1.54) is 22.7 Å². The van der Waals surface area contributed by atoms with Gasteiger partial charge in [-0.05, 0) is 35.2 Å². The van der Waals surface area contributed by atoms with E-state index in [0.29, 0.717) is 15.3 Å². The van der Waals surface area contributed by atoms with E-state index < -0.39 is 0 Å². The molecule has 0 N–H and O–H groups in total. The van der Waals surface area contributed by atoms with Gasteiger partial charge in [-0.3, -0.25) is 4.79 Å². The topological polar surface area (TPSA) is 56.5 Å². The van der Waals surface area contributed by atoms with Crippen molar-refractivity contribution < 1.29 is 4.74 Å². The smallest absolute Gasteiger partial charge is 0.276 e. The number of hydrogen-bond acceptors (Lipinski definition) is 6. The Labute approximate surface area is 139 Å². The first-order valence-electron chi connectivity index (χ1n) is 6.84. The van der Waals surface area contributed by atoms with E-state index in [4.69, 9.17) is 4.74 Å². The number of hydrogen-bond donors (Lipinski definition) is 0. The zero-order valence-electron chi connectivity index (χ0n) is 12.1. The minimum absolute atomic E-state index is 0.0887. The Morgan fingerprint density at radius 3 is 2.70 bits per heavy atom. The molecular weight excluding hydrogens is 330 g/mol. The van der Waals surface area contributed by atoms with Gasteiger partial charge in [0.1, 0.15) is 5.75 Å². The van der Waals surface area contributed by atoms with Gasteiger partial charge in [-0.2, -0.15) is 0 Å². The van der Waals surface area contributed by atoms with Gasteiger partial charge in [0.05, 0.1) is 16.5 Å². The summed E-state index contributed by atoms with van der Waals surface area (Å²) in [7, 11) is 1.63. The minimum atomic E-state index is -0.0887. The molecule has 3 aromatic heterocycles. The second-order valence-electron chi connectivity index (χ2n) is 4.81. The summed E-state index contributed by atoms with van der Waals surface area (Å²) in [5.74, 6) is 1.39. The molecule has 0 fully saturated rings. The van der Waals surface area contributed by atoms with Crippen molar-refractivity contribution in [2.75, 3.05) is 7.11 Å². The van der Waals surface area contributed by atoms with Gasteiger partial charge in [-0.15, -0.1) is 21.5 Å². The second-order valence-corrected chi connectivity index (χ2v) is 6.76. The maximum atomic E-state index is 12.7. The maximum Gasteiger partial charge on any atom is 0.276 e. The monoisotopic (exact) mass is 341 g/mol. The van der Waals surface area contributed by atoms with Crippen LogP contribution in [0.1, 0.15) is 5.56 Å². The third kappa shape index (κ3) is 2.43. The van der Waals surface area contributed by atoms with E-state index in [9.17, 15) is 4.79 Å². The van der Waals surface area contributed by atoms with Crippen LogP contribution in [0.5, 0.6) is 5.75 Å². The number of thiophene rings is 1. The molecule has 114 valence electrons. The van der Waals surface area contributed by atoms with Crippen molar-refractivity contribution in [1.82, 2.24) is 14.6 Å². The molecule has 23 heavy (non-hydrogen) atoms. The highest BCUT2D eigenvalue weighted by Gasteiger charge is 2.14. The Balaban J connectivity index is 1.86. The quantitative estimate of drug-likeness (QED) is 0.574. The Bertz CT molecular complexity index is 1060. The van der Waals surface area contributed by atoms with Crippen molar-refractivity contribution in [1.29, 1.82) is 0 Å². The SMILES string of the molecule is COc1ccc(/C=c2/sc3nnc(-c4cccs4)n3c2=O)cc1. The zero-order chi connectivity index (χ0) is 15.8. The van der Waals surface area contributed by atoms with E-state index in [-0.39, 0.29) is 5.56 Å². The number of rotatable bonds is 3. The van der Waals surface area contributed by atoms with Crippen molar-refractivity contribution in [2.45, 2.75) is 0 Å². The van der Waals surface area contributed by atoms with Gasteiger partial charge in [0.2, 0.25) is 4.96 Å². The Hall–Kier alpha value is -2.51. The lowest BCUT2D eigenvalue weighted by molar-refractivity contribution is 0.415. The molecule has 7 heteroatoms. The molecule has 3 heterocycles. The van der Waals surface area contributed by atoms with E-state index >= 15 is 0 Å². The lowest BCUT2D eigenvalue weighted by Gasteiger charge is -1.98. The molecule has 0 aliphatic carbocycles. The predicted molar refractivity (Wildman–Crippen MR) is 92.2 cm³/mol. The average Bonchev–Trinajstić information content (AvgIpc) is 3.28. The number of aromatic nitrogens is 3. The summed E-state index contributed by atoms with van der Waals surface area (Å²) in [5.41, 5.74) is 0.854. The Morgan fingerprint density at radius 2 is 2.00 bits per heavy atom. The second kappa shape index (κ2) is 5.60. The van der Waals surface area contributed by atoms with Gasteiger partial charge in [0.15, 0.2) is 5.82 Å². The molecule has 0 aliphatic heterocycles. The first-order valence-corrected chi connectivity index (χ1v) is 8.53. The van der Waals surface area contributed by atoms with Crippen molar-refractivity contribution in [3.05, 3.63) is 62.2 Å². The standard InChI is InChI=1S/C16H11N3O2S2/c1-21-11-6-4-10(5-7-11)9-13-15(20)19-14(12-3-2-8-22-12)17-18-16(19)23-13/h2-9H,1H3/b13-9+. The van der Waals surface area contributed by atoms with Crippen molar-refractivity contribution in [3.8, 4) is 16.5 Å². The van der Waals surface area contributed by atoms with Crippen LogP contribution in [0.25, 0.3) is 21.7 Å². The van der Waals surface area contributed by atoms with Gasteiger partial charge in [-0.25, -0.2) is 4.40 Å². The van der Waals surface area contributed by atoms with Gasteiger partial charge in [0.25, 0.3) is 5.56 Å². The number of ether oxygens (including phenoxy) is 1. The third-order valence-corrected chi connectivity index (χ3v) is 5.23. The van der Waals surface area contributed by atoms with Crippen molar-refractivity contribution in [2.24, 2.45) is 0 Å². The molecular formula is C16H11N3O2S2. The van der Waals surface area contributed by atoms with Gasteiger partial charge in [-0.1, -0.05) is 29.5 Å². The van der Waals surface area contributed by atoms with Crippen LogP contribution in [0.2, 0.25) is 0 Å². The number of fused-ring (bicyclic) bond motifs is 1. The fraction of sp³-hybridized carbons (Fsp3) is 0.0625. The van der Waals surface area contributed by atoms with E-state index in [1.54, 1.807) is 11.5 Å². The molecule has 0 aliphatic rings. The summed E-state index contributed by atoms with van der Waals surface area (Å²) in [4.78, 5) is 14.2. The number of benzene rings is 1. The molecule has 4 rings (SSSR count). The van der Waals surface area contributed by atoms with Crippen LogP contribution in [-0.4, -0.2) is 21.7 Å². The molecule has 0 saturated heterocycles. The molecule has 0 radical (unpaired) electrons. The zero-order valence-corrected chi connectivity index (χ0v) is 13.7. The van der Waals surface area contributed by atoms with Gasteiger partial charge < -0.3 is 4.74 Å². The number of methoxy groups -OCH3 is 1. The molecule has 5 nitrogen and oxygen atoms in total. The van der Waals surface area contributed by atoms with Crippen molar-refractivity contribution >= 4 is 33.7 Å². The summed E-state index contributed by atoms with van der Waals surface area (Å²) in [5, 5.41) is 10.2. The normalized spacial score (nSPS) is 12.1. The Kier molecular flexibility index (Phi) is 3.44. The summed E-state index contributed by atoms with van der Waals surface area (Å²) in [6, 6.07) is 11.4. The summed E-state index contributed by atoms with van der Waals surface area (Å²) < 4.78 is 7.35. The van der Waals surface area contributed by atoms with Crippen LogP contribution in [0.3, 0.4) is 0 Å². The summed E-state index contributed by atoms with van der Waals surface area (Å²) in [6.07, 6.45) is 1.86. The van der Waals surface area contributed by atoms with E-state index in [2.05, 4.69) is 10.2 Å². The maximum absolute atomic E-state index is 12.7. The fourth-order valence-electron chi connectivity index (χ4n) is 2.28. The van der Waals surface area contributed by atoms with Crippen LogP contribution >= 0.6 is 22.7 Å². The minimum Gasteiger partial charge on any atom is -0.497 e. The van der Waals surface area contributed by atoms with Crippen LogP contribution in [0, 0.1) is 0 Å². The molecule has 4 aromatic rings. The number of thiazole rings is 1. The first-order chi connectivity index (χ1) is 11.3. The molecule has 0 bridgehead atoms. The largest absolute Gasteiger partial charge is 0.497 e. The van der Waals surface area contributed by atoms with E-state index in [1.807, 2.05) is 47.9 Å². The van der Waals surface area contributed by atoms with Gasteiger partial charge in [0, 0.05) is 0 Å². The molecule has 0 amide bonds. The lowest BCUT2D eigenvalue weighted by Crippen LogP contribution is -2.23. The fourth-order valence-corrected chi connectivity index (χ4v) is 3.89. The highest BCUT2D eigenvalue weighted by atomic mass is 32.1. The van der Waals surface area contributed by atoms with Crippen LogP contribution in [0.15, 0.2) is 46.6 Å². The lowest BCUT2D eigenvalue weighted by atomic mass is 10.2. The third-order valence-electron chi connectivity index (χ3n) is 3.40. The molecule has 0 atom stereocenters. The highest BCUT2D eigenvalue weighted by molar-refractivity contribution is 7.15. The first kappa shape index (κ1) is 14.1. The summed E-state index contributed by atoms with van der Waals surface area (Å²) in [6.45, 7) is 0. The van der Waals surface area contributed by atoms with Crippen LogP contribution in [0.4, 0.5) is 0 Å². The Morgan fingerprint density at radius 1 is 1.17 bits per heavy atom. The summed E-state index contributed by atoms with van der Waals surface area (Å²) >= 11 is 2.88. The van der Waals surface area contributed by atoms with Crippen LogP contribution in [-0.2, 0) is 0 Å². The van der Waals surface area contributed by atoms with Crippen molar-refractivity contribution in [3.63, 3.8) is 0 Å². The average molecular weight is 341 g/mol. The van der Waals surface area contributed by atoms with Gasteiger partial charge >= 0.3 is 0 Å². The molecule has 0 spiro atoms. The number of nitrogens with zero attached hydrogens (tertiary/aromatic N) is 3.